The lowest BCUT2D eigenvalue weighted by Crippen LogP contribution is -2.26. The maximum absolute atomic E-state index is 12.2. The first-order valence-corrected chi connectivity index (χ1v) is 10.4. The lowest BCUT2D eigenvalue weighted by atomic mass is 9.99. The zero-order valence-corrected chi connectivity index (χ0v) is 17.3. The van der Waals surface area contributed by atoms with E-state index in [0.29, 0.717) is 10.8 Å². The third-order valence-electron chi connectivity index (χ3n) is 4.99. The second-order valence-corrected chi connectivity index (χ2v) is 7.60. The molecule has 0 atom stereocenters. The van der Waals surface area contributed by atoms with Gasteiger partial charge in [0.2, 0.25) is 0 Å². The fraction of sp³-hybridized carbons (Fsp3) is 0.261. The Bertz CT molecular complexity index is 1040. The predicted octanol–water partition coefficient (Wildman–Crippen LogP) is 5.01. The zero-order valence-electron chi connectivity index (χ0n) is 16.6. The first kappa shape index (κ1) is 20.2. The number of rotatable bonds is 6. The van der Waals surface area contributed by atoms with Crippen LogP contribution >= 0.6 is 11.6 Å². The number of ether oxygens (including phenoxy) is 1. The van der Waals surface area contributed by atoms with Gasteiger partial charge in [-0.15, -0.1) is 0 Å². The maximum atomic E-state index is 12.2. The molecule has 1 aliphatic rings. The van der Waals surface area contributed by atoms with Gasteiger partial charge in [0.15, 0.2) is 6.61 Å². The van der Waals surface area contributed by atoms with Crippen LogP contribution in [0.2, 0.25) is 5.02 Å². The molecule has 0 bridgehead atoms. The molecule has 7 heteroatoms. The van der Waals surface area contributed by atoms with E-state index in [0.717, 1.165) is 48.3 Å². The Labute approximate surface area is 180 Å². The third-order valence-corrected chi connectivity index (χ3v) is 5.22. The topological polar surface area (TPSA) is 68.5 Å². The van der Waals surface area contributed by atoms with E-state index in [2.05, 4.69) is 15.6 Å². The molecule has 3 aromatic rings. The number of carbonyl (C=O) groups excluding carboxylic acids is 1. The van der Waals surface area contributed by atoms with Crippen LogP contribution in [0.1, 0.15) is 32.1 Å². The second kappa shape index (κ2) is 9.59. The average molecular weight is 423 g/mol. The van der Waals surface area contributed by atoms with Crippen molar-refractivity contribution in [3.05, 3.63) is 65.8 Å². The number of nitrogens with one attached hydrogen (secondary N) is 1. The van der Waals surface area contributed by atoms with Crippen molar-refractivity contribution in [1.82, 2.24) is 15.2 Å². The lowest BCUT2D eigenvalue weighted by Gasteiger charge is -2.14. The molecule has 1 heterocycles. The average Bonchev–Trinajstić information content (AvgIpc) is 3.28. The number of aromatic nitrogens is 2. The molecular weight excluding hydrogens is 400 g/mol. The van der Waals surface area contributed by atoms with Gasteiger partial charge in [0.1, 0.15) is 5.75 Å². The van der Waals surface area contributed by atoms with Crippen LogP contribution in [0.4, 0.5) is 0 Å². The minimum atomic E-state index is -0.287. The van der Waals surface area contributed by atoms with Gasteiger partial charge in [-0.05, 0) is 62.1 Å². The molecule has 4 rings (SSSR count). The lowest BCUT2D eigenvalue weighted by molar-refractivity contribution is -0.123. The van der Waals surface area contributed by atoms with E-state index in [1.165, 1.54) is 6.42 Å². The molecule has 1 aliphatic carbocycles. The quantitative estimate of drug-likeness (QED) is 0.568. The van der Waals surface area contributed by atoms with Crippen LogP contribution < -0.4 is 10.2 Å². The monoisotopic (exact) mass is 422 g/mol. The van der Waals surface area contributed by atoms with Gasteiger partial charge in [0.25, 0.3) is 5.91 Å². The number of para-hydroxylation sites is 1. The van der Waals surface area contributed by atoms with Crippen LogP contribution in [0.5, 0.6) is 5.75 Å². The predicted molar refractivity (Wildman–Crippen MR) is 118 cm³/mol. The molecule has 0 saturated heterocycles. The van der Waals surface area contributed by atoms with E-state index in [9.17, 15) is 4.79 Å². The number of amides is 1. The van der Waals surface area contributed by atoms with Crippen molar-refractivity contribution in [2.75, 3.05) is 6.61 Å². The maximum Gasteiger partial charge on any atom is 0.277 e. The van der Waals surface area contributed by atoms with E-state index in [1.807, 2.05) is 47.1 Å². The van der Waals surface area contributed by atoms with Crippen molar-refractivity contribution in [2.24, 2.45) is 5.10 Å². The van der Waals surface area contributed by atoms with Crippen molar-refractivity contribution < 1.29 is 9.53 Å². The number of carbonyl (C=O) groups is 1. The summed E-state index contributed by atoms with van der Waals surface area (Å²) >= 11 is 6.25. The second-order valence-electron chi connectivity index (χ2n) is 7.17. The van der Waals surface area contributed by atoms with Crippen LogP contribution in [-0.4, -0.2) is 28.0 Å². The van der Waals surface area contributed by atoms with Gasteiger partial charge in [-0.1, -0.05) is 36.2 Å². The molecular formula is C23H23ClN4O2. The summed E-state index contributed by atoms with van der Waals surface area (Å²) in [7, 11) is 0. The highest BCUT2D eigenvalue weighted by molar-refractivity contribution is 6.31. The van der Waals surface area contributed by atoms with Gasteiger partial charge >= 0.3 is 0 Å². The molecule has 0 spiro atoms. The molecule has 2 aromatic carbocycles. The van der Waals surface area contributed by atoms with Crippen molar-refractivity contribution in [1.29, 1.82) is 0 Å². The van der Waals surface area contributed by atoms with Crippen LogP contribution in [0.15, 0.2) is 65.9 Å². The minimum absolute atomic E-state index is 0.134. The molecule has 0 unspecified atom stereocenters. The Kier molecular flexibility index (Phi) is 6.44. The smallest absolute Gasteiger partial charge is 0.277 e. The Balaban J connectivity index is 1.51. The van der Waals surface area contributed by atoms with Crippen molar-refractivity contribution in [2.45, 2.75) is 32.1 Å². The summed E-state index contributed by atoms with van der Waals surface area (Å²) in [4.78, 5) is 12.2. The number of benzene rings is 2. The Morgan fingerprint density at radius 3 is 2.70 bits per heavy atom. The van der Waals surface area contributed by atoms with Crippen molar-refractivity contribution in [3.8, 4) is 22.7 Å². The molecule has 0 aliphatic heterocycles. The van der Waals surface area contributed by atoms with Gasteiger partial charge in [-0.3, -0.25) is 4.79 Å². The Morgan fingerprint density at radius 1 is 1.10 bits per heavy atom. The number of hydrazone groups is 1. The van der Waals surface area contributed by atoms with Gasteiger partial charge in [0.05, 0.1) is 17.6 Å². The third kappa shape index (κ3) is 4.89. The zero-order chi connectivity index (χ0) is 20.8. The molecule has 154 valence electrons. The van der Waals surface area contributed by atoms with Crippen molar-refractivity contribution in [3.63, 3.8) is 0 Å². The number of halogens is 1. The summed E-state index contributed by atoms with van der Waals surface area (Å²) in [5.74, 6) is 0.267. The fourth-order valence-electron chi connectivity index (χ4n) is 3.50. The fourth-order valence-corrected chi connectivity index (χ4v) is 3.67. The summed E-state index contributed by atoms with van der Waals surface area (Å²) < 4.78 is 7.64. The van der Waals surface area contributed by atoms with Crippen LogP contribution in [0.25, 0.3) is 16.9 Å². The van der Waals surface area contributed by atoms with Gasteiger partial charge in [0, 0.05) is 16.3 Å². The van der Waals surface area contributed by atoms with Gasteiger partial charge in [-0.25, -0.2) is 10.1 Å². The molecule has 0 radical (unpaired) electrons. The van der Waals surface area contributed by atoms with Gasteiger partial charge < -0.3 is 4.74 Å². The van der Waals surface area contributed by atoms with E-state index < -0.39 is 0 Å². The summed E-state index contributed by atoms with van der Waals surface area (Å²) in [6.45, 7) is -0.134. The standard InChI is InChI=1S/C23H23ClN4O2/c24-17-11-12-22(30-16-23(29)27-26-18-7-3-1-4-8-18)20(15-17)21-13-14-25-28(21)19-9-5-2-6-10-19/h2,5-6,9-15H,1,3-4,7-8,16H2,(H,27,29). The van der Waals surface area contributed by atoms with E-state index in [-0.39, 0.29) is 12.5 Å². The number of nitrogens with zero attached hydrogens (tertiary/aromatic N) is 3. The van der Waals surface area contributed by atoms with Gasteiger partial charge in [-0.2, -0.15) is 10.2 Å². The van der Waals surface area contributed by atoms with Crippen molar-refractivity contribution >= 4 is 23.2 Å². The molecule has 6 nitrogen and oxygen atoms in total. The van der Waals surface area contributed by atoms with Crippen LogP contribution in [-0.2, 0) is 4.79 Å². The van der Waals surface area contributed by atoms with E-state index >= 15 is 0 Å². The van der Waals surface area contributed by atoms with E-state index in [4.69, 9.17) is 16.3 Å². The largest absolute Gasteiger partial charge is 0.483 e. The Hall–Kier alpha value is -3.12. The summed E-state index contributed by atoms with van der Waals surface area (Å²) in [6, 6.07) is 17.0. The summed E-state index contributed by atoms with van der Waals surface area (Å²) in [5.41, 5.74) is 6.16. The molecule has 1 amide bonds. The molecule has 1 aromatic heterocycles. The first-order valence-electron chi connectivity index (χ1n) is 10.1. The molecule has 30 heavy (non-hydrogen) atoms. The summed E-state index contributed by atoms with van der Waals surface area (Å²) in [5, 5.41) is 9.24. The molecule has 1 saturated carbocycles. The highest BCUT2D eigenvalue weighted by Gasteiger charge is 2.15. The highest BCUT2D eigenvalue weighted by Crippen LogP contribution is 2.33. The minimum Gasteiger partial charge on any atom is -0.483 e. The van der Waals surface area contributed by atoms with Crippen LogP contribution in [0, 0.1) is 0 Å². The summed E-state index contributed by atoms with van der Waals surface area (Å²) in [6.07, 6.45) is 7.12. The normalized spacial score (nSPS) is 13.7. The molecule has 1 fully saturated rings. The highest BCUT2D eigenvalue weighted by atomic mass is 35.5. The first-order chi connectivity index (χ1) is 14.7. The molecule has 1 N–H and O–H groups in total. The van der Waals surface area contributed by atoms with E-state index in [1.54, 1.807) is 18.3 Å². The van der Waals surface area contributed by atoms with Crippen LogP contribution in [0.3, 0.4) is 0 Å². The Morgan fingerprint density at radius 2 is 1.90 bits per heavy atom. The SMILES string of the molecule is O=C(COc1ccc(Cl)cc1-c1ccnn1-c1ccccc1)NN=C1CCCCC1. The number of hydrogen-bond acceptors (Lipinski definition) is 4. The number of hydrogen-bond donors (Lipinski definition) is 1.